The summed E-state index contributed by atoms with van der Waals surface area (Å²) >= 11 is 0. The molecule has 0 saturated carbocycles. The molecule has 1 aromatic carbocycles. The predicted octanol–water partition coefficient (Wildman–Crippen LogP) is 1.09. The van der Waals surface area contributed by atoms with E-state index < -0.39 is 0 Å². The molecule has 62 valence electrons. The molecule has 1 aliphatic rings. The second kappa shape index (κ2) is 2.49. The number of carbonyl (C=O) groups excluding carboxylic acids is 1. The van der Waals surface area contributed by atoms with Gasteiger partial charge in [0, 0.05) is 11.4 Å². The fourth-order valence-corrected chi connectivity index (χ4v) is 1.29. The van der Waals surface area contributed by atoms with Gasteiger partial charge in [-0.25, -0.2) is 0 Å². The molecule has 1 amide bonds. The molecule has 0 aromatic heterocycles. The molecule has 4 heteroatoms. The summed E-state index contributed by atoms with van der Waals surface area (Å²) in [5.41, 5.74) is 3.95. The topological polar surface area (TPSA) is 64.2 Å². The minimum atomic E-state index is -0.0203. The molecule has 0 fully saturated rings. The van der Waals surface area contributed by atoms with E-state index in [4.69, 9.17) is 0 Å². The molecule has 12 heavy (non-hydrogen) atoms. The van der Waals surface area contributed by atoms with E-state index in [1.165, 1.54) is 0 Å². The SMILES string of the molecule is O=C1Cc2cc(N[O-])ccc2N1. The van der Waals surface area contributed by atoms with Crippen LogP contribution in [0.15, 0.2) is 18.2 Å². The lowest BCUT2D eigenvalue weighted by molar-refractivity contribution is -0.115. The summed E-state index contributed by atoms with van der Waals surface area (Å²) in [4.78, 5) is 10.9. The van der Waals surface area contributed by atoms with Crippen LogP contribution < -0.4 is 10.8 Å². The zero-order valence-electron chi connectivity index (χ0n) is 6.26. The van der Waals surface area contributed by atoms with E-state index in [0.29, 0.717) is 12.1 Å². The fourth-order valence-electron chi connectivity index (χ4n) is 1.29. The van der Waals surface area contributed by atoms with Gasteiger partial charge in [0.2, 0.25) is 5.91 Å². The molecule has 0 bridgehead atoms. The van der Waals surface area contributed by atoms with Gasteiger partial charge in [-0.3, -0.25) is 4.79 Å². The number of anilines is 2. The van der Waals surface area contributed by atoms with Gasteiger partial charge < -0.3 is 16.0 Å². The van der Waals surface area contributed by atoms with E-state index in [2.05, 4.69) is 5.32 Å². The molecule has 1 aliphatic heterocycles. The van der Waals surface area contributed by atoms with Gasteiger partial charge in [-0.1, -0.05) is 0 Å². The third kappa shape index (κ3) is 1.02. The average molecular weight is 163 g/mol. The van der Waals surface area contributed by atoms with Gasteiger partial charge in [-0.2, -0.15) is 0 Å². The van der Waals surface area contributed by atoms with Crippen LogP contribution in [0.1, 0.15) is 5.56 Å². The third-order valence-electron chi connectivity index (χ3n) is 1.85. The summed E-state index contributed by atoms with van der Waals surface area (Å²) in [7, 11) is 0. The molecule has 0 atom stereocenters. The number of nitrogens with one attached hydrogen (secondary N) is 2. The molecule has 0 saturated heterocycles. The first-order valence-electron chi connectivity index (χ1n) is 3.60. The van der Waals surface area contributed by atoms with Crippen LogP contribution in [0.3, 0.4) is 0 Å². The van der Waals surface area contributed by atoms with Gasteiger partial charge >= 0.3 is 0 Å². The Balaban J connectivity index is 2.41. The molecule has 4 nitrogen and oxygen atoms in total. The van der Waals surface area contributed by atoms with Crippen LogP contribution in [0.25, 0.3) is 0 Å². The maximum atomic E-state index is 10.9. The highest BCUT2D eigenvalue weighted by Crippen LogP contribution is 2.25. The lowest BCUT2D eigenvalue weighted by Gasteiger charge is -2.09. The van der Waals surface area contributed by atoms with Crippen molar-refractivity contribution in [1.29, 1.82) is 0 Å². The number of hydrogen-bond acceptors (Lipinski definition) is 3. The standard InChI is InChI=1S/C8H7N2O2/c11-8-4-5-3-6(10-12)1-2-7(5)9-8/h1-3,10H,4H2,(H,9,11)/q-1. The van der Waals surface area contributed by atoms with E-state index >= 15 is 0 Å². The van der Waals surface area contributed by atoms with Crippen LogP contribution >= 0.6 is 0 Å². The molecule has 1 heterocycles. The highest BCUT2D eigenvalue weighted by Gasteiger charge is 2.16. The fraction of sp³-hybridized carbons (Fsp3) is 0.125. The average Bonchev–Trinajstić information content (AvgIpc) is 2.43. The maximum absolute atomic E-state index is 10.9. The van der Waals surface area contributed by atoms with Crippen molar-refractivity contribution in [3.05, 3.63) is 29.0 Å². The molecule has 0 aliphatic carbocycles. The zero-order valence-corrected chi connectivity index (χ0v) is 6.26. The number of amides is 1. The molecule has 0 unspecified atom stereocenters. The number of rotatable bonds is 1. The van der Waals surface area contributed by atoms with Gasteiger partial charge in [-0.05, 0) is 23.8 Å². The monoisotopic (exact) mass is 163 g/mol. The summed E-state index contributed by atoms with van der Waals surface area (Å²) in [5, 5.41) is 12.9. The first-order valence-corrected chi connectivity index (χ1v) is 3.60. The zero-order chi connectivity index (χ0) is 8.55. The Labute approximate surface area is 69.2 Å². The Kier molecular flexibility index (Phi) is 1.48. The molecule has 0 spiro atoms. The normalized spacial score (nSPS) is 13.9. The molecule has 2 N–H and O–H groups in total. The molecular weight excluding hydrogens is 156 g/mol. The number of hydrogen-bond donors (Lipinski definition) is 2. The smallest absolute Gasteiger partial charge is 0.228 e. The molecule has 0 radical (unpaired) electrons. The quantitative estimate of drug-likeness (QED) is 0.609. The van der Waals surface area contributed by atoms with Gasteiger partial charge in [0.15, 0.2) is 0 Å². The van der Waals surface area contributed by atoms with Crippen LogP contribution in [0.2, 0.25) is 0 Å². The van der Waals surface area contributed by atoms with Crippen LogP contribution in [0, 0.1) is 5.21 Å². The summed E-state index contributed by atoms with van der Waals surface area (Å²) in [6, 6.07) is 5.04. The third-order valence-corrected chi connectivity index (χ3v) is 1.85. The number of benzene rings is 1. The first kappa shape index (κ1) is 7.12. The lowest BCUT2D eigenvalue weighted by Crippen LogP contribution is -2.03. The summed E-state index contributed by atoms with van der Waals surface area (Å²) < 4.78 is 0. The molecule has 2 rings (SSSR count). The second-order valence-corrected chi connectivity index (χ2v) is 2.70. The van der Waals surface area contributed by atoms with Gasteiger partial charge in [-0.15, -0.1) is 0 Å². The minimum Gasteiger partial charge on any atom is -0.761 e. The Hall–Kier alpha value is -1.55. The van der Waals surface area contributed by atoms with Crippen molar-refractivity contribution in [2.45, 2.75) is 6.42 Å². The van der Waals surface area contributed by atoms with Crippen LogP contribution in [0.5, 0.6) is 0 Å². The summed E-state index contributed by atoms with van der Waals surface area (Å²) in [5.74, 6) is -0.0203. The maximum Gasteiger partial charge on any atom is 0.228 e. The predicted molar refractivity (Wildman–Crippen MR) is 45.8 cm³/mol. The van der Waals surface area contributed by atoms with E-state index in [1.807, 2.05) is 0 Å². The van der Waals surface area contributed by atoms with Gasteiger partial charge in [0.25, 0.3) is 0 Å². The van der Waals surface area contributed by atoms with Crippen LogP contribution in [0.4, 0.5) is 11.4 Å². The first-order chi connectivity index (χ1) is 5.79. The summed E-state index contributed by atoms with van der Waals surface area (Å²) in [6.45, 7) is 0. The number of carbonyl (C=O) groups is 1. The largest absolute Gasteiger partial charge is 0.761 e. The Bertz CT molecular complexity index is 336. The Morgan fingerprint density at radius 3 is 3.08 bits per heavy atom. The van der Waals surface area contributed by atoms with Crippen LogP contribution in [-0.2, 0) is 11.2 Å². The Morgan fingerprint density at radius 1 is 1.50 bits per heavy atom. The highest BCUT2D eigenvalue weighted by atomic mass is 16.5. The molecule has 1 aromatic rings. The molecular formula is C8H7N2O2-. The van der Waals surface area contributed by atoms with Gasteiger partial charge in [0.05, 0.1) is 6.42 Å². The van der Waals surface area contributed by atoms with Crippen molar-refractivity contribution in [2.24, 2.45) is 0 Å². The van der Waals surface area contributed by atoms with Crippen molar-refractivity contribution in [2.75, 3.05) is 10.8 Å². The van der Waals surface area contributed by atoms with Crippen molar-refractivity contribution in [3.8, 4) is 0 Å². The number of fused-ring (bicyclic) bond motifs is 1. The van der Waals surface area contributed by atoms with Crippen molar-refractivity contribution in [3.63, 3.8) is 0 Å². The van der Waals surface area contributed by atoms with E-state index in [1.54, 1.807) is 23.7 Å². The van der Waals surface area contributed by atoms with E-state index in [0.717, 1.165) is 11.3 Å². The van der Waals surface area contributed by atoms with Crippen molar-refractivity contribution in [1.82, 2.24) is 0 Å². The van der Waals surface area contributed by atoms with Crippen molar-refractivity contribution < 1.29 is 4.79 Å². The van der Waals surface area contributed by atoms with Gasteiger partial charge in [0.1, 0.15) is 0 Å². The van der Waals surface area contributed by atoms with E-state index in [9.17, 15) is 10.0 Å². The second-order valence-electron chi connectivity index (χ2n) is 2.70. The minimum absolute atomic E-state index is 0.0203. The highest BCUT2D eigenvalue weighted by molar-refractivity contribution is 5.99. The Morgan fingerprint density at radius 2 is 2.33 bits per heavy atom. The van der Waals surface area contributed by atoms with Crippen LogP contribution in [-0.4, -0.2) is 5.91 Å². The summed E-state index contributed by atoms with van der Waals surface area (Å²) in [6.07, 6.45) is 0.366. The van der Waals surface area contributed by atoms with E-state index in [-0.39, 0.29) is 5.91 Å². The van der Waals surface area contributed by atoms with Crippen molar-refractivity contribution >= 4 is 17.3 Å². The lowest BCUT2D eigenvalue weighted by atomic mass is 10.1.